The molecule has 0 saturated carbocycles. The molecular formula is C16H21N3O4. The first-order valence-corrected chi connectivity index (χ1v) is 7.28. The fourth-order valence-corrected chi connectivity index (χ4v) is 2.26. The number of hydrogen-bond acceptors (Lipinski definition) is 4. The molecule has 0 atom stereocenters. The summed E-state index contributed by atoms with van der Waals surface area (Å²) in [6.07, 6.45) is 0.702. The summed E-state index contributed by atoms with van der Waals surface area (Å²) in [5, 5.41) is 7.98. The van der Waals surface area contributed by atoms with E-state index >= 15 is 0 Å². The predicted molar refractivity (Wildman–Crippen MR) is 86.1 cm³/mol. The van der Waals surface area contributed by atoms with E-state index in [1.54, 1.807) is 27.2 Å². The fourth-order valence-electron chi connectivity index (χ4n) is 2.26. The maximum absolute atomic E-state index is 11.9. The highest BCUT2D eigenvalue weighted by atomic mass is 16.5. The van der Waals surface area contributed by atoms with Gasteiger partial charge in [-0.1, -0.05) is 0 Å². The zero-order chi connectivity index (χ0) is 16.8. The molecule has 0 unspecified atom stereocenters. The van der Waals surface area contributed by atoms with Gasteiger partial charge in [0.1, 0.15) is 11.5 Å². The van der Waals surface area contributed by atoms with Crippen molar-refractivity contribution in [2.45, 2.75) is 19.8 Å². The quantitative estimate of drug-likeness (QED) is 0.707. The number of aryl methyl sites for hydroxylation is 1. The molecule has 0 aliphatic heterocycles. The van der Waals surface area contributed by atoms with Crippen LogP contribution in [0.5, 0.6) is 11.5 Å². The molecule has 1 aromatic heterocycles. The SMILES string of the molecule is COc1cc(CCNC(=O)Cc2c(C)[nH][nH]c2=O)cc(OC)c1. The van der Waals surface area contributed by atoms with Crippen molar-refractivity contribution in [3.8, 4) is 11.5 Å². The summed E-state index contributed by atoms with van der Waals surface area (Å²) in [5.74, 6) is 1.23. The van der Waals surface area contributed by atoms with Crippen molar-refractivity contribution in [1.29, 1.82) is 0 Å². The highest BCUT2D eigenvalue weighted by Gasteiger charge is 2.11. The lowest BCUT2D eigenvalue weighted by Gasteiger charge is -2.09. The number of rotatable bonds is 7. The smallest absolute Gasteiger partial charge is 0.267 e. The summed E-state index contributed by atoms with van der Waals surface area (Å²) in [6.45, 7) is 2.22. The van der Waals surface area contributed by atoms with Gasteiger partial charge in [0.05, 0.1) is 20.6 Å². The average Bonchev–Trinajstić information content (AvgIpc) is 2.86. The highest BCUT2D eigenvalue weighted by Crippen LogP contribution is 2.22. The Morgan fingerprint density at radius 3 is 2.30 bits per heavy atom. The average molecular weight is 319 g/mol. The van der Waals surface area contributed by atoms with Crippen LogP contribution in [0.3, 0.4) is 0 Å². The van der Waals surface area contributed by atoms with Crippen LogP contribution >= 0.6 is 0 Å². The molecule has 2 rings (SSSR count). The first kappa shape index (κ1) is 16.7. The molecule has 7 nitrogen and oxygen atoms in total. The second-order valence-electron chi connectivity index (χ2n) is 5.18. The largest absolute Gasteiger partial charge is 0.497 e. The first-order chi connectivity index (χ1) is 11.0. The van der Waals surface area contributed by atoms with Crippen LogP contribution in [0.25, 0.3) is 0 Å². The minimum atomic E-state index is -0.254. The molecule has 0 aliphatic carbocycles. The molecular weight excluding hydrogens is 298 g/mol. The van der Waals surface area contributed by atoms with Gasteiger partial charge < -0.3 is 19.9 Å². The van der Waals surface area contributed by atoms with E-state index in [2.05, 4.69) is 15.5 Å². The standard InChI is InChI=1S/C16H21N3O4/c1-10-14(16(21)19-18-10)9-15(20)17-5-4-11-6-12(22-2)8-13(7-11)23-3/h6-8H,4-5,9H2,1-3H3,(H,17,20)(H2,18,19,21). The van der Waals surface area contributed by atoms with Crippen molar-refractivity contribution in [2.24, 2.45) is 0 Å². The van der Waals surface area contributed by atoms with Crippen LogP contribution in [-0.4, -0.2) is 36.9 Å². The van der Waals surface area contributed by atoms with Crippen molar-refractivity contribution >= 4 is 5.91 Å². The van der Waals surface area contributed by atoms with Crippen molar-refractivity contribution in [3.05, 3.63) is 45.4 Å². The second kappa shape index (κ2) is 7.53. The fraction of sp³-hybridized carbons (Fsp3) is 0.375. The zero-order valence-corrected chi connectivity index (χ0v) is 13.5. The van der Waals surface area contributed by atoms with Crippen molar-refractivity contribution < 1.29 is 14.3 Å². The number of carbonyl (C=O) groups is 1. The molecule has 1 heterocycles. The zero-order valence-electron chi connectivity index (χ0n) is 13.5. The van der Waals surface area contributed by atoms with Crippen LogP contribution in [0.4, 0.5) is 0 Å². The van der Waals surface area contributed by atoms with Gasteiger partial charge in [0.15, 0.2) is 0 Å². The molecule has 7 heteroatoms. The van der Waals surface area contributed by atoms with Crippen LogP contribution in [0.1, 0.15) is 16.8 Å². The molecule has 3 N–H and O–H groups in total. The predicted octanol–water partition coefficient (Wildman–Crippen LogP) is 0.930. The Hall–Kier alpha value is -2.70. The van der Waals surface area contributed by atoms with Gasteiger partial charge in [-0.25, -0.2) is 0 Å². The molecule has 0 bridgehead atoms. The van der Waals surface area contributed by atoms with E-state index < -0.39 is 0 Å². The molecule has 0 spiro atoms. The molecule has 124 valence electrons. The summed E-state index contributed by atoms with van der Waals surface area (Å²) >= 11 is 0. The molecule has 0 fully saturated rings. The van der Waals surface area contributed by atoms with Crippen LogP contribution in [-0.2, 0) is 17.6 Å². The van der Waals surface area contributed by atoms with E-state index in [-0.39, 0.29) is 17.9 Å². The molecule has 0 aliphatic rings. The molecule has 1 amide bonds. The molecule has 23 heavy (non-hydrogen) atoms. The van der Waals surface area contributed by atoms with Crippen LogP contribution < -0.4 is 20.3 Å². The third kappa shape index (κ3) is 4.38. The number of nitrogens with one attached hydrogen (secondary N) is 3. The summed E-state index contributed by atoms with van der Waals surface area (Å²) in [6, 6.07) is 5.59. The third-order valence-corrected chi connectivity index (χ3v) is 3.57. The van der Waals surface area contributed by atoms with Crippen LogP contribution in [0.2, 0.25) is 0 Å². The van der Waals surface area contributed by atoms with Gasteiger partial charge >= 0.3 is 0 Å². The van der Waals surface area contributed by atoms with E-state index in [0.717, 1.165) is 5.56 Å². The van der Waals surface area contributed by atoms with Gasteiger partial charge in [-0.15, -0.1) is 0 Å². The molecule has 0 saturated heterocycles. The van der Waals surface area contributed by atoms with Gasteiger partial charge in [-0.05, 0) is 31.0 Å². The van der Waals surface area contributed by atoms with Crippen LogP contribution in [0.15, 0.2) is 23.0 Å². The number of H-pyrrole nitrogens is 2. The topological polar surface area (TPSA) is 96.2 Å². The number of hydrogen-bond donors (Lipinski definition) is 3. The number of methoxy groups -OCH3 is 2. The number of ether oxygens (including phenoxy) is 2. The minimum absolute atomic E-state index is 0.0616. The Morgan fingerprint density at radius 2 is 1.78 bits per heavy atom. The van der Waals surface area contributed by atoms with E-state index in [4.69, 9.17) is 9.47 Å². The number of amides is 1. The summed E-state index contributed by atoms with van der Waals surface area (Å²) in [4.78, 5) is 23.4. The maximum atomic E-state index is 11.9. The lowest BCUT2D eigenvalue weighted by Crippen LogP contribution is -2.29. The van der Waals surface area contributed by atoms with E-state index in [9.17, 15) is 9.59 Å². The Morgan fingerprint density at radius 1 is 1.13 bits per heavy atom. The molecule has 1 aromatic carbocycles. The lowest BCUT2D eigenvalue weighted by atomic mass is 10.1. The normalized spacial score (nSPS) is 10.4. The van der Waals surface area contributed by atoms with Crippen molar-refractivity contribution in [1.82, 2.24) is 15.5 Å². The van der Waals surface area contributed by atoms with Crippen molar-refractivity contribution in [3.63, 3.8) is 0 Å². The summed E-state index contributed by atoms with van der Waals surface area (Å²) < 4.78 is 10.4. The summed E-state index contributed by atoms with van der Waals surface area (Å²) in [7, 11) is 3.19. The van der Waals surface area contributed by atoms with Gasteiger partial charge in [0.2, 0.25) is 5.91 Å². The number of aromatic nitrogens is 2. The van der Waals surface area contributed by atoms with Crippen LogP contribution in [0, 0.1) is 6.92 Å². The maximum Gasteiger partial charge on any atom is 0.267 e. The van der Waals surface area contributed by atoms with Gasteiger partial charge in [-0.2, -0.15) is 0 Å². The number of benzene rings is 1. The van der Waals surface area contributed by atoms with Gasteiger partial charge in [0.25, 0.3) is 5.56 Å². The van der Waals surface area contributed by atoms with Crippen molar-refractivity contribution in [2.75, 3.05) is 20.8 Å². The van der Waals surface area contributed by atoms with E-state index in [1.807, 2.05) is 12.1 Å². The van der Waals surface area contributed by atoms with E-state index in [0.29, 0.717) is 35.7 Å². The van der Waals surface area contributed by atoms with Gasteiger partial charge in [-0.3, -0.25) is 14.7 Å². The van der Waals surface area contributed by atoms with Gasteiger partial charge in [0, 0.05) is 23.9 Å². The number of aromatic amines is 2. The molecule has 0 radical (unpaired) electrons. The molecule has 2 aromatic rings. The van der Waals surface area contributed by atoms with E-state index in [1.165, 1.54) is 0 Å². The Balaban J connectivity index is 1.89. The summed E-state index contributed by atoms with van der Waals surface area (Å²) in [5.41, 5.74) is 1.89. The first-order valence-electron chi connectivity index (χ1n) is 7.28. The Bertz CT molecular complexity index is 711. The minimum Gasteiger partial charge on any atom is -0.497 e. The number of carbonyl (C=O) groups excluding carboxylic acids is 1. The second-order valence-corrected chi connectivity index (χ2v) is 5.18. The Kier molecular flexibility index (Phi) is 5.46. The third-order valence-electron chi connectivity index (χ3n) is 3.57. The monoisotopic (exact) mass is 319 g/mol. The Labute approximate surface area is 134 Å². The lowest BCUT2D eigenvalue weighted by molar-refractivity contribution is -0.120. The highest BCUT2D eigenvalue weighted by molar-refractivity contribution is 5.78.